The molecule has 162 valence electrons. The summed E-state index contributed by atoms with van der Waals surface area (Å²) in [5.41, 5.74) is 2.91. The van der Waals surface area contributed by atoms with Gasteiger partial charge in [-0.05, 0) is 48.4 Å². The molecular weight excluding hydrogens is 420 g/mol. The van der Waals surface area contributed by atoms with Crippen molar-refractivity contribution in [2.24, 2.45) is 0 Å². The third-order valence-electron chi connectivity index (χ3n) is 5.81. The number of nitrogens with zero attached hydrogens (tertiary/aromatic N) is 3. The van der Waals surface area contributed by atoms with Crippen LogP contribution in [-0.2, 0) is 10.0 Å². The highest BCUT2D eigenvalue weighted by molar-refractivity contribution is 7.89. The van der Waals surface area contributed by atoms with E-state index in [1.54, 1.807) is 18.3 Å². The number of hydrogen-bond acceptors (Lipinski definition) is 5. The second kappa shape index (κ2) is 8.33. The fourth-order valence-electron chi connectivity index (χ4n) is 4.05. The molecule has 0 spiro atoms. The molecule has 6 nitrogen and oxygen atoms in total. The molecule has 0 radical (unpaired) electrons. The van der Waals surface area contributed by atoms with Crippen LogP contribution in [0.5, 0.6) is 0 Å². The highest BCUT2D eigenvalue weighted by Gasteiger charge is 2.28. The molecule has 1 N–H and O–H groups in total. The fourth-order valence-corrected chi connectivity index (χ4v) is 5.31. The molecule has 0 bridgehead atoms. The zero-order chi connectivity index (χ0) is 22.1. The van der Waals surface area contributed by atoms with Crippen LogP contribution in [0.25, 0.3) is 22.0 Å². The smallest absolute Gasteiger partial charge is 0.240 e. The van der Waals surface area contributed by atoms with E-state index >= 15 is 0 Å². The van der Waals surface area contributed by atoms with Gasteiger partial charge in [0.1, 0.15) is 0 Å². The number of rotatable bonds is 5. The van der Waals surface area contributed by atoms with E-state index in [2.05, 4.69) is 40.0 Å². The maximum absolute atomic E-state index is 12.7. The van der Waals surface area contributed by atoms with Crippen LogP contribution in [0.1, 0.15) is 12.0 Å². The first-order chi connectivity index (χ1) is 15.5. The van der Waals surface area contributed by atoms with E-state index in [-0.39, 0.29) is 10.9 Å². The largest absolute Gasteiger partial charge is 0.339 e. The van der Waals surface area contributed by atoms with Gasteiger partial charge in [-0.2, -0.15) is 0 Å². The van der Waals surface area contributed by atoms with Crippen molar-refractivity contribution in [3.8, 4) is 11.3 Å². The van der Waals surface area contributed by atoms with Crippen molar-refractivity contribution in [1.29, 1.82) is 0 Å². The summed E-state index contributed by atoms with van der Waals surface area (Å²) in [5, 5.41) is 2.35. The van der Waals surface area contributed by atoms with E-state index < -0.39 is 10.0 Å². The predicted molar refractivity (Wildman–Crippen MR) is 127 cm³/mol. The Bertz CT molecular complexity index is 1370. The van der Waals surface area contributed by atoms with Crippen molar-refractivity contribution < 1.29 is 8.42 Å². The summed E-state index contributed by atoms with van der Waals surface area (Å²) in [4.78, 5) is 11.5. The lowest BCUT2D eigenvalue weighted by molar-refractivity contribution is 0.561. The van der Waals surface area contributed by atoms with Crippen LogP contribution >= 0.6 is 0 Å². The number of aryl methyl sites for hydroxylation is 1. The van der Waals surface area contributed by atoms with Gasteiger partial charge < -0.3 is 4.90 Å². The lowest BCUT2D eigenvalue weighted by Gasteiger charge is -2.17. The number of fused-ring (bicyclic) bond motifs is 1. The molecule has 1 fully saturated rings. The van der Waals surface area contributed by atoms with Crippen LogP contribution in [0, 0.1) is 6.92 Å². The Labute approximate surface area is 188 Å². The molecule has 0 amide bonds. The van der Waals surface area contributed by atoms with Crippen LogP contribution in [0.4, 0.5) is 5.95 Å². The zero-order valence-electron chi connectivity index (χ0n) is 17.8. The molecule has 0 aliphatic carbocycles. The molecule has 4 aromatic rings. The van der Waals surface area contributed by atoms with Crippen LogP contribution in [-0.4, -0.2) is 37.5 Å². The van der Waals surface area contributed by atoms with Gasteiger partial charge >= 0.3 is 0 Å². The molecule has 1 aliphatic heterocycles. The first kappa shape index (κ1) is 20.6. The summed E-state index contributed by atoms with van der Waals surface area (Å²) in [6, 6.07) is 23.1. The first-order valence-corrected chi connectivity index (χ1v) is 12.1. The Morgan fingerprint density at radius 3 is 2.56 bits per heavy atom. The Morgan fingerprint density at radius 2 is 1.75 bits per heavy atom. The average Bonchev–Trinajstić information content (AvgIpc) is 3.27. The number of sulfonamides is 1. The van der Waals surface area contributed by atoms with Gasteiger partial charge in [0, 0.05) is 30.9 Å². The summed E-state index contributed by atoms with van der Waals surface area (Å²) in [7, 11) is -3.56. The summed E-state index contributed by atoms with van der Waals surface area (Å²) < 4.78 is 28.3. The molecule has 5 rings (SSSR count). The standard InChI is InChI=1S/C25H24N4O2S/c1-18-6-10-23(11-7-18)32(30,31)28-22-13-15-29(17-22)25-26-14-12-24(27-25)21-9-8-19-4-2-3-5-20(19)16-21/h2-12,14,16,22,28H,13,15,17H2,1H3/t22-/m1/s1. The van der Waals surface area contributed by atoms with Crippen molar-refractivity contribution in [2.75, 3.05) is 18.0 Å². The van der Waals surface area contributed by atoms with E-state index in [1.165, 1.54) is 5.39 Å². The number of nitrogens with one attached hydrogen (secondary N) is 1. The highest BCUT2D eigenvalue weighted by Crippen LogP contribution is 2.25. The molecule has 0 saturated carbocycles. The Kier molecular flexibility index (Phi) is 5.36. The Balaban J connectivity index is 1.32. The van der Waals surface area contributed by atoms with Crippen molar-refractivity contribution in [3.63, 3.8) is 0 Å². The Hall–Kier alpha value is -3.29. The first-order valence-electron chi connectivity index (χ1n) is 10.6. The molecule has 0 unspecified atom stereocenters. The maximum Gasteiger partial charge on any atom is 0.240 e. The average molecular weight is 445 g/mol. The predicted octanol–water partition coefficient (Wildman–Crippen LogP) is 4.16. The molecule has 32 heavy (non-hydrogen) atoms. The molecular formula is C25H24N4O2S. The van der Waals surface area contributed by atoms with Gasteiger partial charge in [-0.15, -0.1) is 0 Å². The van der Waals surface area contributed by atoms with Crippen molar-refractivity contribution in [3.05, 3.63) is 84.6 Å². The number of benzene rings is 3. The van der Waals surface area contributed by atoms with Gasteiger partial charge in [0.25, 0.3) is 0 Å². The molecule has 1 aromatic heterocycles. The molecule has 3 aromatic carbocycles. The van der Waals surface area contributed by atoms with Crippen LogP contribution in [0.3, 0.4) is 0 Å². The minimum Gasteiger partial charge on any atom is -0.339 e. The molecule has 1 saturated heterocycles. The van der Waals surface area contributed by atoms with Crippen LogP contribution < -0.4 is 9.62 Å². The summed E-state index contributed by atoms with van der Waals surface area (Å²) in [6.07, 6.45) is 2.46. The monoisotopic (exact) mass is 444 g/mol. The zero-order valence-corrected chi connectivity index (χ0v) is 18.6. The van der Waals surface area contributed by atoms with Gasteiger partial charge in [-0.25, -0.2) is 23.1 Å². The quantitative estimate of drug-likeness (QED) is 0.500. The summed E-state index contributed by atoms with van der Waals surface area (Å²) in [5.74, 6) is 0.618. The van der Waals surface area contributed by atoms with E-state index in [0.29, 0.717) is 25.5 Å². The van der Waals surface area contributed by atoms with E-state index in [9.17, 15) is 8.42 Å². The Morgan fingerprint density at radius 1 is 0.969 bits per heavy atom. The SMILES string of the molecule is Cc1ccc(S(=O)(=O)N[C@@H]2CCN(c3nccc(-c4ccc5ccccc5c4)n3)C2)cc1. The van der Waals surface area contributed by atoms with Gasteiger partial charge in [0.15, 0.2) is 0 Å². The van der Waals surface area contributed by atoms with Gasteiger partial charge in [-0.1, -0.05) is 54.1 Å². The number of hydrogen-bond donors (Lipinski definition) is 1. The maximum atomic E-state index is 12.7. The van der Waals surface area contributed by atoms with Crippen molar-refractivity contribution in [2.45, 2.75) is 24.3 Å². The van der Waals surface area contributed by atoms with Gasteiger partial charge in [0.05, 0.1) is 10.6 Å². The van der Waals surface area contributed by atoms with E-state index in [4.69, 9.17) is 4.98 Å². The topological polar surface area (TPSA) is 75.2 Å². The summed E-state index contributed by atoms with van der Waals surface area (Å²) >= 11 is 0. The second-order valence-electron chi connectivity index (χ2n) is 8.17. The van der Waals surface area contributed by atoms with Gasteiger partial charge in [-0.3, -0.25) is 0 Å². The molecule has 1 aliphatic rings. The third kappa shape index (κ3) is 4.22. The van der Waals surface area contributed by atoms with Crippen LogP contribution in [0.15, 0.2) is 83.9 Å². The van der Waals surface area contributed by atoms with Crippen LogP contribution in [0.2, 0.25) is 0 Å². The number of anilines is 1. The molecule has 7 heteroatoms. The summed E-state index contributed by atoms with van der Waals surface area (Å²) in [6.45, 7) is 3.17. The third-order valence-corrected chi connectivity index (χ3v) is 7.35. The fraction of sp³-hybridized carbons (Fsp3) is 0.200. The lowest BCUT2D eigenvalue weighted by Crippen LogP contribution is -2.37. The number of aromatic nitrogens is 2. The minimum absolute atomic E-state index is 0.186. The minimum atomic E-state index is -3.56. The van der Waals surface area contributed by atoms with Crippen molar-refractivity contribution in [1.82, 2.24) is 14.7 Å². The lowest BCUT2D eigenvalue weighted by atomic mass is 10.1. The van der Waals surface area contributed by atoms with Crippen molar-refractivity contribution >= 4 is 26.7 Å². The molecule has 2 heterocycles. The molecule has 1 atom stereocenters. The normalized spacial score (nSPS) is 16.5. The van der Waals surface area contributed by atoms with Gasteiger partial charge in [0.2, 0.25) is 16.0 Å². The highest BCUT2D eigenvalue weighted by atomic mass is 32.2. The van der Waals surface area contributed by atoms with E-state index in [1.807, 2.05) is 42.2 Å². The second-order valence-corrected chi connectivity index (χ2v) is 9.88. The van der Waals surface area contributed by atoms with E-state index in [0.717, 1.165) is 22.2 Å².